The summed E-state index contributed by atoms with van der Waals surface area (Å²) >= 11 is 5.34. The average molecular weight is 167 g/mol. The third-order valence-electron chi connectivity index (χ3n) is 0.940. The third kappa shape index (κ3) is 6.33. The van der Waals surface area contributed by atoms with E-state index in [-0.39, 0.29) is 5.88 Å². The lowest BCUT2D eigenvalue weighted by Crippen LogP contribution is -2.18. The first-order valence-corrected chi connectivity index (χ1v) is 4.02. The summed E-state index contributed by atoms with van der Waals surface area (Å²) in [7, 11) is 0. The van der Waals surface area contributed by atoms with Gasteiger partial charge in [0.25, 0.3) is 0 Å². The maximum atomic E-state index is 8.91. The highest BCUT2D eigenvalue weighted by Crippen LogP contribution is 1.94. The van der Waals surface area contributed by atoms with Crippen molar-refractivity contribution in [3.63, 3.8) is 0 Å². The number of aliphatic hydroxyl groups is 1. The van der Waals surface area contributed by atoms with Gasteiger partial charge in [0, 0.05) is 6.61 Å². The Morgan fingerprint density at radius 1 is 1.40 bits per heavy atom. The van der Waals surface area contributed by atoms with Crippen LogP contribution < -0.4 is 0 Å². The second kappa shape index (κ2) is 5.96. The van der Waals surface area contributed by atoms with Crippen molar-refractivity contribution < 1.29 is 9.84 Å². The molecule has 0 saturated heterocycles. The van der Waals surface area contributed by atoms with Gasteiger partial charge >= 0.3 is 0 Å². The second-order valence-electron chi connectivity index (χ2n) is 2.74. The van der Waals surface area contributed by atoms with Gasteiger partial charge in [-0.3, -0.25) is 0 Å². The fraction of sp³-hybridized carbons (Fsp3) is 1.00. The van der Waals surface area contributed by atoms with Crippen LogP contribution in [0, 0.1) is 5.92 Å². The molecule has 0 aliphatic rings. The fourth-order valence-corrected chi connectivity index (χ4v) is 0.573. The van der Waals surface area contributed by atoms with Gasteiger partial charge in [0.05, 0.1) is 18.6 Å². The van der Waals surface area contributed by atoms with Crippen LogP contribution in [0.3, 0.4) is 0 Å². The van der Waals surface area contributed by atoms with Gasteiger partial charge in [0.1, 0.15) is 0 Å². The number of hydrogen-bond donors (Lipinski definition) is 1. The largest absolute Gasteiger partial charge is 0.389 e. The van der Waals surface area contributed by atoms with Gasteiger partial charge in [-0.1, -0.05) is 13.8 Å². The van der Waals surface area contributed by atoms with Gasteiger partial charge in [0.15, 0.2) is 0 Å². The Morgan fingerprint density at radius 2 is 2.00 bits per heavy atom. The molecule has 2 nitrogen and oxygen atoms in total. The van der Waals surface area contributed by atoms with Crippen molar-refractivity contribution in [2.75, 3.05) is 19.1 Å². The molecule has 0 spiro atoms. The summed E-state index contributed by atoms with van der Waals surface area (Å²) in [6, 6.07) is 0. The van der Waals surface area contributed by atoms with Crippen molar-refractivity contribution >= 4 is 11.6 Å². The smallest absolute Gasteiger partial charge is 0.0908 e. The van der Waals surface area contributed by atoms with E-state index in [2.05, 4.69) is 13.8 Å². The predicted octanol–water partition coefficient (Wildman–Crippen LogP) is 1.26. The summed E-state index contributed by atoms with van der Waals surface area (Å²) in [4.78, 5) is 0. The molecule has 0 saturated carbocycles. The van der Waals surface area contributed by atoms with E-state index >= 15 is 0 Å². The Labute approximate surface area is 67.1 Å². The molecule has 0 aliphatic heterocycles. The van der Waals surface area contributed by atoms with Gasteiger partial charge in [-0.05, 0) is 5.92 Å². The maximum absolute atomic E-state index is 8.91. The zero-order valence-corrected chi connectivity index (χ0v) is 7.27. The number of rotatable bonds is 5. The summed E-state index contributed by atoms with van der Waals surface area (Å²) in [5, 5.41) is 8.91. The van der Waals surface area contributed by atoms with E-state index in [1.807, 2.05) is 0 Å². The molecule has 0 aromatic rings. The minimum atomic E-state index is -0.514. The number of halogens is 1. The van der Waals surface area contributed by atoms with Crippen LogP contribution in [-0.2, 0) is 4.74 Å². The summed E-state index contributed by atoms with van der Waals surface area (Å²) in [5.41, 5.74) is 0. The quantitative estimate of drug-likeness (QED) is 0.624. The maximum Gasteiger partial charge on any atom is 0.0908 e. The molecule has 0 radical (unpaired) electrons. The Morgan fingerprint density at radius 3 is 2.40 bits per heavy atom. The Balaban J connectivity index is 3.03. The van der Waals surface area contributed by atoms with Gasteiger partial charge < -0.3 is 9.84 Å². The molecular formula is C7H15ClO2. The molecule has 62 valence electrons. The van der Waals surface area contributed by atoms with E-state index in [9.17, 15) is 0 Å². The topological polar surface area (TPSA) is 29.5 Å². The van der Waals surface area contributed by atoms with Crippen molar-refractivity contribution in [2.24, 2.45) is 5.92 Å². The SMILES string of the molecule is CC(C)COC[C@H](O)CCl. The van der Waals surface area contributed by atoms with Crippen LogP contribution in [0.1, 0.15) is 13.8 Å². The second-order valence-corrected chi connectivity index (χ2v) is 3.05. The molecule has 0 bridgehead atoms. The number of alkyl halides is 1. The van der Waals surface area contributed by atoms with E-state index < -0.39 is 6.10 Å². The van der Waals surface area contributed by atoms with Crippen LogP contribution in [0.25, 0.3) is 0 Å². The molecule has 0 amide bonds. The first-order chi connectivity index (χ1) is 4.66. The first-order valence-electron chi connectivity index (χ1n) is 3.48. The lowest BCUT2D eigenvalue weighted by molar-refractivity contribution is 0.0359. The summed E-state index contributed by atoms with van der Waals surface area (Å²) in [6.45, 7) is 5.16. The third-order valence-corrected chi connectivity index (χ3v) is 1.30. The van der Waals surface area contributed by atoms with Crippen molar-refractivity contribution in [1.29, 1.82) is 0 Å². The molecule has 10 heavy (non-hydrogen) atoms. The molecule has 0 aliphatic carbocycles. The number of hydrogen-bond acceptors (Lipinski definition) is 2. The van der Waals surface area contributed by atoms with Crippen LogP contribution in [0.2, 0.25) is 0 Å². The standard InChI is InChI=1S/C7H15ClO2/c1-6(2)4-10-5-7(9)3-8/h6-7,9H,3-5H2,1-2H3/t7-/m1/s1. The zero-order valence-electron chi connectivity index (χ0n) is 6.51. The highest BCUT2D eigenvalue weighted by molar-refractivity contribution is 6.18. The minimum Gasteiger partial charge on any atom is -0.389 e. The highest BCUT2D eigenvalue weighted by Gasteiger charge is 2.01. The van der Waals surface area contributed by atoms with Crippen molar-refractivity contribution in [1.82, 2.24) is 0 Å². The van der Waals surface area contributed by atoms with Crippen LogP contribution in [-0.4, -0.2) is 30.3 Å². The van der Waals surface area contributed by atoms with Gasteiger partial charge in [0.2, 0.25) is 0 Å². The summed E-state index contributed by atoms with van der Waals surface area (Å²) < 4.78 is 5.11. The van der Waals surface area contributed by atoms with Crippen molar-refractivity contribution in [3.8, 4) is 0 Å². The molecule has 0 unspecified atom stereocenters. The number of ether oxygens (including phenoxy) is 1. The van der Waals surface area contributed by atoms with Gasteiger partial charge in [-0.15, -0.1) is 11.6 Å². The molecule has 0 fully saturated rings. The van der Waals surface area contributed by atoms with E-state index in [1.54, 1.807) is 0 Å². The van der Waals surface area contributed by atoms with E-state index in [1.165, 1.54) is 0 Å². The van der Waals surface area contributed by atoms with Crippen LogP contribution >= 0.6 is 11.6 Å². The predicted molar refractivity (Wildman–Crippen MR) is 42.4 cm³/mol. The molecule has 0 aromatic heterocycles. The lowest BCUT2D eigenvalue weighted by Gasteiger charge is -2.09. The Kier molecular flexibility index (Phi) is 6.08. The highest BCUT2D eigenvalue weighted by atomic mass is 35.5. The molecule has 0 rings (SSSR count). The normalized spacial score (nSPS) is 14.1. The van der Waals surface area contributed by atoms with Crippen LogP contribution in [0.5, 0.6) is 0 Å². The molecule has 3 heteroatoms. The van der Waals surface area contributed by atoms with E-state index in [4.69, 9.17) is 21.4 Å². The van der Waals surface area contributed by atoms with Crippen LogP contribution in [0.4, 0.5) is 0 Å². The van der Waals surface area contributed by atoms with Gasteiger partial charge in [-0.25, -0.2) is 0 Å². The van der Waals surface area contributed by atoms with Crippen molar-refractivity contribution in [3.05, 3.63) is 0 Å². The molecule has 1 atom stereocenters. The number of aliphatic hydroxyl groups excluding tert-OH is 1. The van der Waals surface area contributed by atoms with Crippen molar-refractivity contribution in [2.45, 2.75) is 20.0 Å². The molecule has 0 aromatic carbocycles. The van der Waals surface area contributed by atoms with Crippen LogP contribution in [0.15, 0.2) is 0 Å². The Hall–Kier alpha value is 0.210. The fourth-order valence-electron chi connectivity index (χ4n) is 0.484. The summed E-state index contributed by atoms with van der Waals surface area (Å²) in [5.74, 6) is 0.764. The monoisotopic (exact) mass is 166 g/mol. The minimum absolute atomic E-state index is 0.248. The van der Waals surface area contributed by atoms with E-state index in [0.717, 1.165) is 0 Å². The molecule has 0 heterocycles. The lowest BCUT2D eigenvalue weighted by atomic mass is 10.2. The van der Waals surface area contributed by atoms with Gasteiger partial charge in [-0.2, -0.15) is 0 Å². The zero-order chi connectivity index (χ0) is 7.98. The molecular weight excluding hydrogens is 152 g/mol. The Bertz CT molecular complexity index is 76.0. The van der Waals surface area contributed by atoms with E-state index in [0.29, 0.717) is 19.1 Å². The first kappa shape index (κ1) is 10.2. The molecule has 1 N–H and O–H groups in total. The summed E-state index contributed by atoms with van der Waals surface area (Å²) in [6.07, 6.45) is -0.514. The average Bonchev–Trinajstić information content (AvgIpc) is 1.87.